The fourth-order valence-electron chi connectivity index (χ4n) is 3.17. The Balaban J connectivity index is 1.70. The van der Waals surface area contributed by atoms with Gasteiger partial charge in [-0.05, 0) is 36.9 Å². The minimum absolute atomic E-state index is 0.136. The van der Waals surface area contributed by atoms with Crippen LogP contribution < -0.4 is 15.0 Å². The fourth-order valence-corrected chi connectivity index (χ4v) is 3.48. The summed E-state index contributed by atoms with van der Waals surface area (Å²) >= 11 is 6.46. The second-order valence-corrected chi connectivity index (χ2v) is 6.83. The lowest BCUT2D eigenvalue weighted by Gasteiger charge is -2.36. The number of anilines is 2. The third kappa shape index (κ3) is 4.46. The average molecular weight is 390 g/mol. The van der Waals surface area contributed by atoms with Gasteiger partial charge in [0.1, 0.15) is 11.5 Å². The lowest BCUT2D eigenvalue weighted by Crippen LogP contribution is -2.46. The Morgan fingerprint density at radius 3 is 2.52 bits per heavy atom. The summed E-state index contributed by atoms with van der Waals surface area (Å²) in [4.78, 5) is 17.1. The van der Waals surface area contributed by atoms with Crippen molar-refractivity contribution in [3.05, 3.63) is 47.0 Å². The molecule has 0 bridgehead atoms. The average Bonchev–Trinajstić information content (AvgIpc) is 2.68. The predicted molar refractivity (Wildman–Crippen MR) is 108 cm³/mol. The van der Waals surface area contributed by atoms with E-state index in [2.05, 4.69) is 22.0 Å². The van der Waals surface area contributed by atoms with Crippen LogP contribution in [0, 0.1) is 0 Å². The molecular formula is C20H24ClN3O3. The maximum Gasteiger partial charge on any atom is 0.259 e. The molecule has 0 saturated carbocycles. The standard InChI is InChI=1S/C20H24ClN3O3/c1-3-23-8-10-24(11-9-23)18-7-4-14(12-17(18)21)22-20(26)16-6-5-15(27-2)13-19(16)25/h4-7,12-13,25H,3,8-11H2,1-2H3,(H,22,26). The van der Waals surface area contributed by atoms with Crippen molar-refractivity contribution in [2.45, 2.75) is 6.92 Å². The first kappa shape index (κ1) is 19.3. The van der Waals surface area contributed by atoms with Gasteiger partial charge in [-0.1, -0.05) is 18.5 Å². The molecule has 0 spiro atoms. The molecular weight excluding hydrogens is 366 g/mol. The molecule has 1 amide bonds. The van der Waals surface area contributed by atoms with Gasteiger partial charge in [0.2, 0.25) is 0 Å². The Morgan fingerprint density at radius 2 is 1.93 bits per heavy atom. The number of hydrogen-bond donors (Lipinski definition) is 2. The van der Waals surface area contributed by atoms with Gasteiger partial charge < -0.3 is 25.0 Å². The van der Waals surface area contributed by atoms with Crippen molar-refractivity contribution >= 4 is 28.9 Å². The van der Waals surface area contributed by atoms with Crippen molar-refractivity contribution in [3.63, 3.8) is 0 Å². The van der Waals surface area contributed by atoms with Gasteiger partial charge in [-0.15, -0.1) is 0 Å². The van der Waals surface area contributed by atoms with Crippen LogP contribution in [0.2, 0.25) is 5.02 Å². The monoisotopic (exact) mass is 389 g/mol. The topological polar surface area (TPSA) is 65.0 Å². The first-order valence-corrected chi connectivity index (χ1v) is 9.34. The molecule has 3 rings (SSSR count). The summed E-state index contributed by atoms with van der Waals surface area (Å²) in [7, 11) is 1.50. The minimum atomic E-state index is -0.407. The van der Waals surface area contributed by atoms with Crippen LogP contribution in [0.4, 0.5) is 11.4 Å². The number of carbonyl (C=O) groups excluding carboxylic acids is 1. The fraction of sp³-hybridized carbons (Fsp3) is 0.350. The molecule has 27 heavy (non-hydrogen) atoms. The number of phenolic OH excluding ortho intramolecular Hbond substituents is 1. The molecule has 6 nitrogen and oxygen atoms in total. The highest BCUT2D eigenvalue weighted by molar-refractivity contribution is 6.33. The van der Waals surface area contributed by atoms with Gasteiger partial charge in [-0.2, -0.15) is 0 Å². The number of phenols is 1. The molecule has 7 heteroatoms. The Kier molecular flexibility index (Phi) is 6.08. The van der Waals surface area contributed by atoms with E-state index in [1.54, 1.807) is 12.1 Å². The maximum atomic E-state index is 12.4. The molecule has 0 aromatic heterocycles. The van der Waals surface area contributed by atoms with Crippen molar-refractivity contribution in [1.82, 2.24) is 4.90 Å². The van der Waals surface area contributed by atoms with E-state index in [1.165, 1.54) is 19.2 Å². The number of nitrogens with one attached hydrogen (secondary N) is 1. The number of halogens is 1. The second-order valence-electron chi connectivity index (χ2n) is 6.42. The Morgan fingerprint density at radius 1 is 1.19 bits per heavy atom. The van der Waals surface area contributed by atoms with Crippen LogP contribution >= 0.6 is 11.6 Å². The SMILES string of the molecule is CCN1CCN(c2ccc(NC(=O)c3ccc(OC)cc3O)cc2Cl)CC1. The Labute approximate surface area is 164 Å². The lowest BCUT2D eigenvalue weighted by atomic mass is 10.1. The van der Waals surface area contributed by atoms with Crippen LogP contribution in [0.1, 0.15) is 17.3 Å². The van der Waals surface area contributed by atoms with E-state index >= 15 is 0 Å². The second kappa shape index (κ2) is 8.50. The summed E-state index contributed by atoms with van der Waals surface area (Å²) < 4.78 is 5.03. The first-order chi connectivity index (χ1) is 13.0. The highest BCUT2D eigenvalue weighted by Gasteiger charge is 2.19. The molecule has 0 radical (unpaired) electrons. The number of rotatable bonds is 5. The third-order valence-electron chi connectivity index (χ3n) is 4.82. The van der Waals surface area contributed by atoms with Gasteiger partial charge in [-0.25, -0.2) is 0 Å². The number of methoxy groups -OCH3 is 1. The van der Waals surface area contributed by atoms with Crippen molar-refractivity contribution in [3.8, 4) is 11.5 Å². The number of ether oxygens (including phenoxy) is 1. The van der Waals surface area contributed by atoms with E-state index in [-0.39, 0.29) is 11.3 Å². The van der Waals surface area contributed by atoms with Gasteiger partial charge in [0, 0.05) is 37.9 Å². The molecule has 2 aromatic rings. The minimum Gasteiger partial charge on any atom is -0.507 e. The molecule has 1 heterocycles. The number of carbonyl (C=O) groups is 1. The summed E-state index contributed by atoms with van der Waals surface area (Å²) in [6, 6.07) is 10.0. The van der Waals surface area contributed by atoms with Gasteiger partial charge >= 0.3 is 0 Å². The van der Waals surface area contributed by atoms with Crippen molar-refractivity contribution in [2.24, 2.45) is 0 Å². The number of benzene rings is 2. The molecule has 1 aliphatic rings. The molecule has 2 N–H and O–H groups in total. The summed E-state index contributed by atoms with van der Waals surface area (Å²) in [6.07, 6.45) is 0. The normalized spacial score (nSPS) is 14.9. The van der Waals surface area contributed by atoms with Gasteiger partial charge in [-0.3, -0.25) is 4.79 Å². The van der Waals surface area contributed by atoms with Crippen LogP contribution in [0.25, 0.3) is 0 Å². The summed E-state index contributed by atoms with van der Waals surface area (Å²) in [5.74, 6) is -0.0569. The van der Waals surface area contributed by atoms with E-state index < -0.39 is 5.91 Å². The molecule has 1 fully saturated rings. The summed E-state index contributed by atoms with van der Waals surface area (Å²) in [5, 5.41) is 13.4. The molecule has 0 aliphatic carbocycles. The van der Waals surface area contributed by atoms with E-state index in [0.717, 1.165) is 38.4 Å². The largest absolute Gasteiger partial charge is 0.507 e. The van der Waals surface area contributed by atoms with Crippen LogP contribution in [0.5, 0.6) is 11.5 Å². The number of piperazine rings is 1. The molecule has 1 saturated heterocycles. The van der Waals surface area contributed by atoms with Crippen LogP contribution in [0.3, 0.4) is 0 Å². The number of amides is 1. The zero-order valence-corrected chi connectivity index (χ0v) is 16.3. The Bertz CT molecular complexity index is 820. The van der Waals surface area contributed by atoms with Crippen molar-refractivity contribution in [2.75, 3.05) is 50.1 Å². The Hall–Kier alpha value is -2.44. The number of nitrogens with zero attached hydrogens (tertiary/aromatic N) is 2. The summed E-state index contributed by atoms with van der Waals surface area (Å²) in [5.41, 5.74) is 1.72. The van der Waals surface area contributed by atoms with E-state index in [1.807, 2.05) is 12.1 Å². The maximum absolute atomic E-state index is 12.4. The number of hydrogen-bond acceptors (Lipinski definition) is 5. The van der Waals surface area contributed by atoms with Gasteiger partial charge in [0.15, 0.2) is 0 Å². The number of likely N-dealkylation sites (N-methyl/N-ethyl adjacent to an activating group) is 1. The zero-order chi connectivity index (χ0) is 19.4. The van der Waals surface area contributed by atoms with Crippen LogP contribution in [-0.4, -0.2) is 55.7 Å². The lowest BCUT2D eigenvalue weighted by molar-refractivity contribution is 0.102. The summed E-state index contributed by atoms with van der Waals surface area (Å²) in [6.45, 7) is 7.12. The first-order valence-electron chi connectivity index (χ1n) is 8.97. The number of aromatic hydroxyl groups is 1. The molecule has 1 aliphatic heterocycles. The highest BCUT2D eigenvalue weighted by atomic mass is 35.5. The molecule has 144 valence electrons. The predicted octanol–water partition coefficient (Wildman–Crippen LogP) is 3.45. The third-order valence-corrected chi connectivity index (χ3v) is 5.12. The van der Waals surface area contributed by atoms with E-state index in [9.17, 15) is 9.90 Å². The zero-order valence-electron chi connectivity index (χ0n) is 15.5. The van der Waals surface area contributed by atoms with Gasteiger partial charge in [0.05, 0.1) is 23.4 Å². The smallest absolute Gasteiger partial charge is 0.259 e. The van der Waals surface area contributed by atoms with Gasteiger partial charge in [0.25, 0.3) is 5.91 Å². The van der Waals surface area contributed by atoms with Crippen LogP contribution in [0.15, 0.2) is 36.4 Å². The van der Waals surface area contributed by atoms with Crippen LogP contribution in [-0.2, 0) is 0 Å². The molecule has 0 atom stereocenters. The van der Waals surface area contributed by atoms with Crippen molar-refractivity contribution in [1.29, 1.82) is 0 Å². The highest BCUT2D eigenvalue weighted by Crippen LogP contribution is 2.30. The quantitative estimate of drug-likeness (QED) is 0.820. The molecule has 2 aromatic carbocycles. The molecule has 0 unspecified atom stereocenters. The van der Waals surface area contributed by atoms with E-state index in [0.29, 0.717) is 16.5 Å². The van der Waals surface area contributed by atoms with E-state index in [4.69, 9.17) is 16.3 Å². The van der Waals surface area contributed by atoms with Crippen molar-refractivity contribution < 1.29 is 14.6 Å².